The maximum absolute atomic E-state index is 10.8. The molecule has 6 nitrogen and oxygen atoms in total. The van der Waals surface area contributed by atoms with Crippen LogP contribution in [0.4, 0.5) is 11.5 Å². The molecule has 1 atom stereocenters. The summed E-state index contributed by atoms with van der Waals surface area (Å²) in [7, 11) is 0. The quantitative estimate of drug-likeness (QED) is 0.686. The summed E-state index contributed by atoms with van der Waals surface area (Å²) in [5.41, 5.74) is 1.08. The number of aromatic nitrogens is 1. The molecule has 1 N–H and O–H groups in total. The predicted octanol–water partition coefficient (Wildman–Crippen LogP) is 2.93. The molecule has 2 aromatic rings. The SMILES string of the molecule is O=[N+]([O-])c1ccnc(NC2CCOc3ccccc32)c1. The van der Waals surface area contributed by atoms with E-state index in [1.807, 2.05) is 24.3 Å². The molecule has 1 aromatic heterocycles. The van der Waals surface area contributed by atoms with Crippen LogP contribution in [-0.4, -0.2) is 16.5 Å². The molecule has 0 fully saturated rings. The normalized spacial score (nSPS) is 16.9. The summed E-state index contributed by atoms with van der Waals surface area (Å²) in [6.45, 7) is 0.615. The van der Waals surface area contributed by atoms with Gasteiger partial charge in [0.2, 0.25) is 0 Å². The highest BCUT2D eigenvalue weighted by Gasteiger charge is 2.21. The fourth-order valence-corrected chi connectivity index (χ4v) is 2.28. The third kappa shape index (κ3) is 2.40. The predicted molar refractivity (Wildman–Crippen MR) is 73.8 cm³/mol. The van der Waals surface area contributed by atoms with Gasteiger partial charge in [-0.15, -0.1) is 0 Å². The van der Waals surface area contributed by atoms with Crippen LogP contribution >= 0.6 is 0 Å². The number of rotatable bonds is 3. The second kappa shape index (κ2) is 5.16. The zero-order chi connectivity index (χ0) is 13.9. The van der Waals surface area contributed by atoms with E-state index in [1.54, 1.807) is 0 Å². The maximum atomic E-state index is 10.8. The molecule has 0 spiro atoms. The first-order chi connectivity index (χ1) is 9.74. The van der Waals surface area contributed by atoms with E-state index in [1.165, 1.54) is 18.3 Å². The summed E-state index contributed by atoms with van der Waals surface area (Å²) < 4.78 is 5.58. The molecule has 1 unspecified atom stereocenters. The van der Waals surface area contributed by atoms with Crippen LogP contribution in [0.3, 0.4) is 0 Å². The van der Waals surface area contributed by atoms with E-state index in [4.69, 9.17) is 4.74 Å². The summed E-state index contributed by atoms with van der Waals surface area (Å²) in [5, 5.41) is 14.0. The number of nitro groups is 1. The van der Waals surface area contributed by atoms with Crippen LogP contribution in [0.5, 0.6) is 5.75 Å². The van der Waals surface area contributed by atoms with Crippen molar-refractivity contribution in [3.05, 3.63) is 58.3 Å². The number of benzene rings is 1. The molecule has 102 valence electrons. The van der Waals surface area contributed by atoms with Gasteiger partial charge in [-0.1, -0.05) is 18.2 Å². The number of pyridine rings is 1. The van der Waals surface area contributed by atoms with Gasteiger partial charge in [0.05, 0.1) is 23.6 Å². The molecule has 1 aliphatic heterocycles. The lowest BCUT2D eigenvalue weighted by atomic mass is 10.0. The van der Waals surface area contributed by atoms with Gasteiger partial charge < -0.3 is 10.1 Å². The van der Waals surface area contributed by atoms with Gasteiger partial charge in [0.1, 0.15) is 11.6 Å². The second-order valence-corrected chi connectivity index (χ2v) is 4.53. The van der Waals surface area contributed by atoms with Crippen molar-refractivity contribution in [3.8, 4) is 5.75 Å². The minimum absolute atomic E-state index is 0.0304. The zero-order valence-electron chi connectivity index (χ0n) is 10.7. The van der Waals surface area contributed by atoms with E-state index in [9.17, 15) is 10.1 Å². The summed E-state index contributed by atoms with van der Waals surface area (Å²) in [5.74, 6) is 1.35. The number of nitrogens with one attached hydrogen (secondary N) is 1. The van der Waals surface area contributed by atoms with Crippen LogP contribution in [0, 0.1) is 10.1 Å². The van der Waals surface area contributed by atoms with Gasteiger partial charge in [0.25, 0.3) is 5.69 Å². The van der Waals surface area contributed by atoms with Crippen molar-refractivity contribution in [3.63, 3.8) is 0 Å². The largest absolute Gasteiger partial charge is 0.493 e. The van der Waals surface area contributed by atoms with Gasteiger partial charge in [0, 0.05) is 24.2 Å². The fourth-order valence-electron chi connectivity index (χ4n) is 2.28. The number of anilines is 1. The summed E-state index contributed by atoms with van der Waals surface area (Å²) in [4.78, 5) is 14.5. The average Bonchev–Trinajstić information content (AvgIpc) is 2.48. The van der Waals surface area contributed by atoms with Crippen molar-refractivity contribution < 1.29 is 9.66 Å². The number of para-hydroxylation sites is 1. The Morgan fingerprint density at radius 3 is 3.05 bits per heavy atom. The second-order valence-electron chi connectivity index (χ2n) is 4.53. The minimum Gasteiger partial charge on any atom is -0.493 e. The molecule has 1 aliphatic rings. The van der Waals surface area contributed by atoms with Crippen molar-refractivity contribution in [1.82, 2.24) is 4.98 Å². The molecule has 0 saturated carbocycles. The van der Waals surface area contributed by atoms with E-state index in [-0.39, 0.29) is 11.7 Å². The lowest BCUT2D eigenvalue weighted by Crippen LogP contribution is -2.20. The van der Waals surface area contributed by atoms with Crippen molar-refractivity contribution in [2.45, 2.75) is 12.5 Å². The Hall–Kier alpha value is -2.63. The van der Waals surface area contributed by atoms with Crippen molar-refractivity contribution in [2.24, 2.45) is 0 Å². The standard InChI is InChI=1S/C14H13N3O3/c18-17(19)10-5-7-15-14(9-10)16-12-6-8-20-13-4-2-1-3-11(12)13/h1-5,7,9,12H,6,8H2,(H,15,16). The lowest BCUT2D eigenvalue weighted by molar-refractivity contribution is -0.384. The molecule has 0 aliphatic carbocycles. The Morgan fingerprint density at radius 2 is 2.20 bits per heavy atom. The number of hydrogen-bond donors (Lipinski definition) is 1. The van der Waals surface area contributed by atoms with Gasteiger partial charge in [-0.05, 0) is 6.07 Å². The Bertz CT molecular complexity index is 645. The molecule has 2 heterocycles. The van der Waals surface area contributed by atoms with E-state index in [0.717, 1.165) is 17.7 Å². The molecule has 0 radical (unpaired) electrons. The Kier molecular flexibility index (Phi) is 3.20. The van der Waals surface area contributed by atoms with Crippen molar-refractivity contribution >= 4 is 11.5 Å². The monoisotopic (exact) mass is 271 g/mol. The maximum Gasteiger partial charge on any atom is 0.274 e. The topological polar surface area (TPSA) is 77.3 Å². The molecule has 6 heteroatoms. The zero-order valence-corrected chi connectivity index (χ0v) is 10.7. The van der Waals surface area contributed by atoms with Crippen LogP contribution in [0.25, 0.3) is 0 Å². The van der Waals surface area contributed by atoms with Gasteiger partial charge in [-0.2, -0.15) is 0 Å². The van der Waals surface area contributed by atoms with Crippen LogP contribution in [-0.2, 0) is 0 Å². The average molecular weight is 271 g/mol. The summed E-state index contributed by atoms with van der Waals surface area (Å²) in [6.07, 6.45) is 2.23. The number of hydrogen-bond acceptors (Lipinski definition) is 5. The third-order valence-corrected chi connectivity index (χ3v) is 3.23. The smallest absolute Gasteiger partial charge is 0.274 e. The Labute approximate surface area is 115 Å². The number of nitrogens with zero attached hydrogens (tertiary/aromatic N) is 2. The van der Waals surface area contributed by atoms with E-state index >= 15 is 0 Å². The van der Waals surface area contributed by atoms with Gasteiger partial charge >= 0.3 is 0 Å². The molecule has 3 rings (SSSR count). The molecule has 20 heavy (non-hydrogen) atoms. The summed E-state index contributed by atoms with van der Waals surface area (Å²) in [6, 6.07) is 10.7. The highest BCUT2D eigenvalue weighted by Crippen LogP contribution is 2.33. The van der Waals surface area contributed by atoms with E-state index in [2.05, 4.69) is 10.3 Å². The molecule has 0 bridgehead atoms. The molecule has 0 amide bonds. The number of ether oxygens (including phenoxy) is 1. The third-order valence-electron chi connectivity index (χ3n) is 3.23. The minimum atomic E-state index is -0.426. The molecule has 1 aromatic carbocycles. The van der Waals surface area contributed by atoms with Crippen LogP contribution in [0.15, 0.2) is 42.6 Å². The van der Waals surface area contributed by atoms with Crippen LogP contribution in [0.2, 0.25) is 0 Å². The lowest BCUT2D eigenvalue weighted by Gasteiger charge is -2.26. The van der Waals surface area contributed by atoms with E-state index in [0.29, 0.717) is 12.4 Å². The number of fused-ring (bicyclic) bond motifs is 1. The van der Waals surface area contributed by atoms with Gasteiger partial charge in [-0.3, -0.25) is 10.1 Å². The molecular weight excluding hydrogens is 258 g/mol. The highest BCUT2D eigenvalue weighted by atomic mass is 16.6. The van der Waals surface area contributed by atoms with Gasteiger partial charge in [-0.25, -0.2) is 4.98 Å². The highest BCUT2D eigenvalue weighted by molar-refractivity contribution is 5.48. The first-order valence-corrected chi connectivity index (χ1v) is 6.33. The molecule has 0 saturated heterocycles. The summed E-state index contributed by atoms with van der Waals surface area (Å²) >= 11 is 0. The first-order valence-electron chi connectivity index (χ1n) is 6.33. The first kappa shape index (κ1) is 12.4. The Morgan fingerprint density at radius 1 is 1.35 bits per heavy atom. The van der Waals surface area contributed by atoms with Crippen LogP contribution in [0.1, 0.15) is 18.0 Å². The fraction of sp³-hybridized carbons (Fsp3) is 0.214. The molecular formula is C14H13N3O3. The van der Waals surface area contributed by atoms with Gasteiger partial charge in [0.15, 0.2) is 0 Å². The Balaban J connectivity index is 1.85. The van der Waals surface area contributed by atoms with Crippen molar-refractivity contribution in [1.29, 1.82) is 0 Å². The van der Waals surface area contributed by atoms with Crippen LogP contribution < -0.4 is 10.1 Å². The van der Waals surface area contributed by atoms with E-state index < -0.39 is 4.92 Å². The van der Waals surface area contributed by atoms with Crippen molar-refractivity contribution in [2.75, 3.05) is 11.9 Å².